The van der Waals surface area contributed by atoms with Crippen LogP contribution in [0.4, 0.5) is 28.9 Å². The van der Waals surface area contributed by atoms with E-state index in [9.17, 15) is 30.8 Å². The second-order valence-corrected chi connectivity index (χ2v) is 11.9. The van der Waals surface area contributed by atoms with Crippen LogP contribution < -0.4 is 21.1 Å². The van der Waals surface area contributed by atoms with Crippen molar-refractivity contribution < 1.29 is 35.5 Å². The summed E-state index contributed by atoms with van der Waals surface area (Å²) in [6.07, 6.45) is -4.54. The molecule has 42 heavy (non-hydrogen) atoms. The van der Waals surface area contributed by atoms with E-state index in [2.05, 4.69) is 22.5 Å². The molecule has 1 aromatic heterocycles. The van der Waals surface area contributed by atoms with E-state index in [0.717, 1.165) is 10.8 Å². The number of nitrogens with two attached hydrogens (primary N) is 1. The van der Waals surface area contributed by atoms with Gasteiger partial charge in [0.1, 0.15) is 18.5 Å². The summed E-state index contributed by atoms with van der Waals surface area (Å²) in [6.45, 7) is -1.27. The van der Waals surface area contributed by atoms with Gasteiger partial charge in [-0.2, -0.15) is 13.2 Å². The Kier molecular flexibility index (Phi) is 9.22. The molecule has 2 atom stereocenters. The zero-order valence-electron chi connectivity index (χ0n) is 23.0. The summed E-state index contributed by atoms with van der Waals surface area (Å²) < 4.78 is 85.5. The largest absolute Gasteiger partial charge is 0.495 e. The maximum absolute atomic E-state index is 14.9. The molecule has 226 valence electrons. The first-order valence-electron chi connectivity index (χ1n) is 13.0. The standard InChI is InChI=1S/C28H31F4N5O4S/c1-41-26-14-19(42(2,39)40)8-9-24(26)34-11-4-5-18-13-20-22(6-3-7-25(20)37(18)17-28(30,31)32)35-23-10-12-36(16-21(23)29)27(38)15-33/h3,6-9,13-14,21,23,34-35H,10-12,15-17,33H2,1-2H3/t21-,23+/m0/s1. The van der Waals surface area contributed by atoms with Crippen LogP contribution in [-0.4, -0.2) is 81.7 Å². The Balaban J connectivity index is 1.58. The van der Waals surface area contributed by atoms with E-state index in [-0.39, 0.29) is 47.4 Å². The average Bonchev–Trinajstić information content (AvgIpc) is 3.27. The topological polar surface area (TPSA) is 119 Å². The van der Waals surface area contributed by atoms with Crippen molar-refractivity contribution in [3.05, 3.63) is 48.2 Å². The van der Waals surface area contributed by atoms with Crippen molar-refractivity contribution in [3.63, 3.8) is 0 Å². The maximum atomic E-state index is 14.9. The van der Waals surface area contributed by atoms with Gasteiger partial charge in [0.05, 0.1) is 54.6 Å². The van der Waals surface area contributed by atoms with Crippen molar-refractivity contribution in [2.24, 2.45) is 5.73 Å². The molecule has 2 aromatic carbocycles. The van der Waals surface area contributed by atoms with Crippen molar-refractivity contribution in [1.82, 2.24) is 9.47 Å². The zero-order chi connectivity index (χ0) is 30.7. The Labute approximate surface area is 240 Å². The molecule has 0 saturated carbocycles. The number of fused-ring (bicyclic) bond motifs is 1. The first-order chi connectivity index (χ1) is 19.8. The van der Waals surface area contributed by atoms with Crippen molar-refractivity contribution in [2.75, 3.05) is 50.2 Å². The summed E-state index contributed by atoms with van der Waals surface area (Å²) in [5.74, 6) is 5.53. The number of hydrogen-bond acceptors (Lipinski definition) is 7. The fourth-order valence-corrected chi connectivity index (χ4v) is 5.45. The van der Waals surface area contributed by atoms with E-state index < -0.39 is 34.8 Å². The summed E-state index contributed by atoms with van der Waals surface area (Å²) in [6, 6.07) is 9.96. The minimum Gasteiger partial charge on any atom is -0.495 e. The third-order valence-electron chi connectivity index (χ3n) is 6.88. The molecule has 1 amide bonds. The van der Waals surface area contributed by atoms with Crippen molar-refractivity contribution in [3.8, 4) is 17.6 Å². The highest BCUT2D eigenvalue weighted by Gasteiger charge is 2.32. The lowest BCUT2D eigenvalue weighted by molar-refractivity contribution is -0.140. The number of likely N-dealkylation sites (tertiary alicyclic amines) is 1. The number of sulfone groups is 1. The fraction of sp³-hybridized carbons (Fsp3) is 0.393. The van der Waals surface area contributed by atoms with Crippen molar-refractivity contribution in [1.29, 1.82) is 0 Å². The van der Waals surface area contributed by atoms with Gasteiger partial charge in [0.2, 0.25) is 5.91 Å². The zero-order valence-corrected chi connectivity index (χ0v) is 23.8. The van der Waals surface area contributed by atoms with Crippen LogP contribution in [-0.2, 0) is 21.2 Å². The molecule has 2 heterocycles. The molecule has 4 N–H and O–H groups in total. The number of hydrogen-bond donors (Lipinski definition) is 3. The summed E-state index contributed by atoms with van der Waals surface area (Å²) in [5.41, 5.74) is 6.68. The van der Waals surface area contributed by atoms with Crippen LogP contribution in [0.1, 0.15) is 12.1 Å². The Morgan fingerprint density at radius 1 is 1.19 bits per heavy atom. The average molecular weight is 610 g/mol. The highest BCUT2D eigenvalue weighted by Crippen LogP contribution is 2.32. The number of carbonyl (C=O) groups is 1. The first kappa shape index (κ1) is 31.0. The minimum atomic E-state index is -4.52. The van der Waals surface area contributed by atoms with Crippen LogP contribution in [0.3, 0.4) is 0 Å². The molecule has 1 aliphatic rings. The molecule has 4 rings (SSSR count). The number of piperidine rings is 1. The van der Waals surface area contributed by atoms with Crippen LogP contribution in [0.15, 0.2) is 47.4 Å². The number of alkyl halides is 4. The third kappa shape index (κ3) is 7.27. The molecule has 0 bridgehead atoms. The molecule has 3 aromatic rings. The molecule has 1 aliphatic heterocycles. The van der Waals surface area contributed by atoms with E-state index in [4.69, 9.17) is 10.5 Å². The normalized spacial score (nSPS) is 17.5. The lowest BCUT2D eigenvalue weighted by Gasteiger charge is -2.35. The van der Waals surface area contributed by atoms with E-state index in [1.54, 1.807) is 18.2 Å². The second-order valence-electron chi connectivity index (χ2n) is 9.86. The number of carbonyl (C=O) groups excluding carboxylic acids is 1. The predicted molar refractivity (Wildman–Crippen MR) is 152 cm³/mol. The van der Waals surface area contributed by atoms with E-state index in [1.807, 2.05) is 0 Å². The molecule has 1 saturated heterocycles. The van der Waals surface area contributed by atoms with Gasteiger partial charge in [-0.15, -0.1) is 0 Å². The summed E-state index contributed by atoms with van der Waals surface area (Å²) in [5, 5.41) is 6.55. The number of nitrogens with one attached hydrogen (secondary N) is 2. The number of aromatic nitrogens is 1. The van der Waals surface area contributed by atoms with Gasteiger partial charge in [-0.3, -0.25) is 4.79 Å². The minimum absolute atomic E-state index is 0.0247. The van der Waals surface area contributed by atoms with E-state index >= 15 is 0 Å². The number of methoxy groups -OCH3 is 1. The number of ether oxygens (including phenoxy) is 1. The van der Waals surface area contributed by atoms with Crippen LogP contribution in [0, 0.1) is 11.8 Å². The summed E-state index contributed by atoms with van der Waals surface area (Å²) >= 11 is 0. The van der Waals surface area contributed by atoms with Crippen LogP contribution in [0.2, 0.25) is 0 Å². The Morgan fingerprint density at radius 2 is 1.95 bits per heavy atom. The number of halogens is 4. The van der Waals surface area contributed by atoms with Gasteiger partial charge in [0.15, 0.2) is 9.84 Å². The van der Waals surface area contributed by atoms with Gasteiger partial charge in [0, 0.05) is 29.9 Å². The van der Waals surface area contributed by atoms with Crippen molar-refractivity contribution >= 4 is 38.0 Å². The lowest BCUT2D eigenvalue weighted by Crippen LogP contribution is -2.51. The molecule has 0 aliphatic carbocycles. The van der Waals surface area contributed by atoms with Gasteiger partial charge < -0.3 is 30.6 Å². The highest BCUT2D eigenvalue weighted by atomic mass is 32.2. The van der Waals surface area contributed by atoms with Gasteiger partial charge >= 0.3 is 6.18 Å². The number of nitrogens with zero attached hydrogens (tertiary/aromatic N) is 2. The van der Waals surface area contributed by atoms with Crippen LogP contribution in [0.5, 0.6) is 5.75 Å². The van der Waals surface area contributed by atoms with Crippen molar-refractivity contribution in [2.45, 2.75) is 36.3 Å². The second kappa shape index (κ2) is 12.5. The predicted octanol–water partition coefficient (Wildman–Crippen LogP) is 3.39. The molecule has 14 heteroatoms. The molecule has 0 spiro atoms. The van der Waals surface area contributed by atoms with Crippen LogP contribution in [0.25, 0.3) is 10.9 Å². The summed E-state index contributed by atoms with van der Waals surface area (Å²) in [4.78, 5) is 13.3. The SMILES string of the molecule is COc1cc(S(C)(=O)=O)ccc1NCC#Cc1cc2c(N[C@@H]3CCN(C(=O)CN)C[C@@H]3F)cccc2n1CC(F)(F)F. The lowest BCUT2D eigenvalue weighted by atomic mass is 10.0. The van der Waals surface area contributed by atoms with Gasteiger partial charge in [0.25, 0.3) is 0 Å². The molecular weight excluding hydrogens is 578 g/mol. The monoisotopic (exact) mass is 609 g/mol. The van der Waals surface area contributed by atoms with Gasteiger partial charge in [-0.25, -0.2) is 12.8 Å². The molecule has 0 unspecified atom stereocenters. The quantitative estimate of drug-likeness (QED) is 0.265. The molecule has 0 radical (unpaired) electrons. The molecule has 9 nitrogen and oxygen atoms in total. The Hall–Kier alpha value is -3.96. The first-order valence-corrected chi connectivity index (χ1v) is 14.9. The Morgan fingerprint density at radius 3 is 2.60 bits per heavy atom. The molecule has 1 fully saturated rings. The highest BCUT2D eigenvalue weighted by molar-refractivity contribution is 7.90. The number of amides is 1. The van der Waals surface area contributed by atoms with E-state index in [0.29, 0.717) is 29.7 Å². The summed E-state index contributed by atoms with van der Waals surface area (Å²) in [7, 11) is -2.06. The van der Waals surface area contributed by atoms with Gasteiger partial charge in [-0.1, -0.05) is 12.0 Å². The number of anilines is 2. The Bertz CT molecular complexity index is 1630. The van der Waals surface area contributed by atoms with Crippen LogP contribution >= 0.6 is 0 Å². The third-order valence-corrected chi connectivity index (χ3v) is 7.99. The fourth-order valence-electron chi connectivity index (χ4n) is 4.81. The van der Waals surface area contributed by atoms with E-state index in [1.165, 1.54) is 36.3 Å². The number of benzene rings is 2. The molecular formula is C28H31F4N5O4S. The smallest absolute Gasteiger partial charge is 0.406 e. The van der Waals surface area contributed by atoms with Gasteiger partial charge in [-0.05, 0) is 42.7 Å². The maximum Gasteiger partial charge on any atom is 0.406 e. The number of rotatable bonds is 8.